The number of aryl methyl sites for hydroxylation is 1. The Hall–Kier alpha value is -0.420. The lowest BCUT2D eigenvalue weighted by Gasteiger charge is -2.18. The molecule has 0 amide bonds. The molecule has 1 nitrogen and oxygen atoms in total. The molecular formula is C14H14BrClFNS. The Kier molecular flexibility index (Phi) is 5.01. The van der Waals surface area contributed by atoms with Crippen molar-refractivity contribution in [2.45, 2.75) is 19.9 Å². The first-order valence-corrected chi connectivity index (χ1v) is 7.95. The summed E-state index contributed by atoms with van der Waals surface area (Å²) >= 11 is 11.0. The maximum atomic E-state index is 14.1. The summed E-state index contributed by atoms with van der Waals surface area (Å²) in [6, 6.07) is 7.03. The fraction of sp³-hybridized carbons (Fsp3) is 0.286. The molecule has 1 atom stereocenters. The molecule has 1 aromatic carbocycles. The van der Waals surface area contributed by atoms with Crippen LogP contribution in [0.25, 0.3) is 0 Å². The lowest BCUT2D eigenvalue weighted by atomic mass is 10.0. The first kappa shape index (κ1) is 15.0. The number of rotatable bonds is 4. The van der Waals surface area contributed by atoms with E-state index < -0.39 is 0 Å². The number of hydrogen-bond donors (Lipinski definition) is 1. The Balaban J connectivity index is 2.44. The summed E-state index contributed by atoms with van der Waals surface area (Å²) in [5, 5.41) is 3.97. The minimum atomic E-state index is -0.188. The molecule has 0 aliphatic rings. The molecule has 1 unspecified atom stereocenters. The van der Waals surface area contributed by atoms with Crippen LogP contribution in [-0.4, -0.2) is 6.54 Å². The molecule has 0 saturated heterocycles. The van der Waals surface area contributed by atoms with Crippen molar-refractivity contribution in [3.05, 3.63) is 54.9 Å². The van der Waals surface area contributed by atoms with E-state index in [4.69, 9.17) is 11.6 Å². The van der Waals surface area contributed by atoms with Crippen molar-refractivity contribution in [2.24, 2.45) is 0 Å². The van der Waals surface area contributed by atoms with Gasteiger partial charge in [-0.05, 0) is 47.1 Å². The van der Waals surface area contributed by atoms with Crippen molar-refractivity contribution < 1.29 is 4.39 Å². The van der Waals surface area contributed by atoms with Crippen molar-refractivity contribution in [1.82, 2.24) is 5.32 Å². The maximum Gasteiger partial charge on any atom is 0.128 e. The highest BCUT2D eigenvalue weighted by Gasteiger charge is 2.20. The van der Waals surface area contributed by atoms with E-state index in [0.29, 0.717) is 10.6 Å². The van der Waals surface area contributed by atoms with Crippen molar-refractivity contribution in [3.8, 4) is 0 Å². The number of nitrogens with one attached hydrogen (secondary N) is 1. The van der Waals surface area contributed by atoms with Gasteiger partial charge in [-0.15, -0.1) is 11.3 Å². The maximum absolute atomic E-state index is 14.1. The lowest BCUT2D eigenvalue weighted by Crippen LogP contribution is -2.22. The summed E-state index contributed by atoms with van der Waals surface area (Å²) < 4.78 is 15.0. The van der Waals surface area contributed by atoms with Gasteiger partial charge in [-0.2, -0.15) is 0 Å². The molecule has 0 bridgehead atoms. The van der Waals surface area contributed by atoms with E-state index in [0.717, 1.165) is 20.8 Å². The minimum absolute atomic E-state index is 0.167. The highest BCUT2D eigenvalue weighted by atomic mass is 79.9. The quantitative estimate of drug-likeness (QED) is 0.777. The minimum Gasteiger partial charge on any atom is -0.306 e. The molecule has 0 saturated carbocycles. The van der Waals surface area contributed by atoms with Gasteiger partial charge in [-0.3, -0.25) is 0 Å². The second-order valence-electron chi connectivity index (χ2n) is 4.29. The monoisotopic (exact) mass is 361 g/mol. The zero-order valence-electron chi connectivity index (χ0n) is 10.6. The molecular weight excluding hydrogens is 349 g/mol. The van der Waals surface area contributed by atoms with Crippen LogP contribution in [0.3, 0.4) is 0 Å². The van der Waals surface area contributed by atoms with E-state index in [2.05, 4.69) is 21.2 Å². The van der Waals surface area contributed by atoms with Crippen LogP contribution in [0.2, 0.25) is 5.02 Å². The molecule has 19 heavy (non-hydrogen) atoms. The zero-order chi connectivity index (χ0) is 14.0. The van der Waals surface area contributed by atoms with Crippen LogP contribution >= 0.6 is 38.9 Å². The topological polar surface area (TPSA) is 12.0 Å². The van der Waals surface area contributed by atoms with E-state index in [1.54, 1.807) is 6.07 Å². The predicted molar refractivity (Wildman–Crippen MR) is 83.7 cm³/mol. The molecule has 0 aliphatic carbocycles. The second kappa shape index (κ2) is 6.35. The van der Waals surface area contributed by atoms with E-state index in [1.165, 1.54) is 11.3 Å². The van der Waals surface area contributed by atoms with Crippen molar-refractivity contribution in [2.75, 3.05) is 6.54 Å². The van der Waals surface area contributed by atoms with Crippen molar-refractivity contribution in [1.29, 1.82) is 0 Å². The summed E-state index contributed by atoms with van der Waals surface area (Å²) in [4.78, 5) is 1.00. The van der Waals surface area contributed by atoms with Crippen LogP contribution in [0.4, 0.5) is 4.39 Å². The van der Waals surface area contributed by atoms with Crippen LogP contribution in [0.5, 0.6) is 0 Å². The van der Waals surface area contributed by atoms with Crippen LogP contribution < -0.4 is 5.32 Å². The molecule has 2 aromatic rings. The first-order valence-electron chi connectivity index (χ1n) is 5.97. The van der Waals surface area contributed by atoms with Crippen molar-refractivity contribution >= 4 is 38.9 Å². The molecule has 0 fully saturated rings. The molecule has 2 rings (SSSR count). The van der Waals surface area contributed by atoms with Gasteiger partial charge in [0.2, 0.25) is 0 Å². The largest absolute Gasteiger partial charge is 0.306 e. The van der Waals surface area contributed by atoms with Crippen molar-refractivity contribution in [3.63, 3.8) is 0 Å². The molecule has 1 heterocycles. The van der Waals surface area contributed by atoms with E-state index in [-0.39, 0.29) is 11.9 Å². The Morgan fingerprint density at radius 3 is 2.68 bits per heavy atom. The summed E-state index contributed by atoms with van der Waals surface area (Å²) in [5.41, 5.74) is 1.57. The summed E-state index contributed by atoms with van der Waals surface area (Å²) in [5.74, 6) is -0.188. The second-order valence-corrected chi connectivity index (χ2v) is 7.09. The highest BCUT2D eigenvalue weighted by molar-refractivity contribution is 9.11. The standard InChI is InChI=1S/C14H14BrClFNS/c1-3-18-13(12-7-10(16)14(15)19-12)9-5-4-8(2)6-11(9)17/h4-7,13,18H,3H2,1-2H3. The third-order valence-corrected chi connectivity index (χ3v) is 5.36. The van der Waals surface area contributed by atoms with Gasteiger partial charge >= 0.3 is 0 Å². The molecule has 1 aromatic heterocycles. The highest BCUT2D eigenvalue weighted by Crippen LogP contribution is 2.38. The normalized spacial score (nSPS) is 12.7. The van der Waals surface area contributed by atoms with Gasteiger partial charge in [0.1, 0.15) is 5.82 Å². The van der Waals surface area contributed by atoms with Crippen LogP contribution in [-0.2, 0) is 0 Å². The van der Waals surface area contributed by atoms with Crippen LogP contribution in [0, 0.1) is 12.7 Å². The third-order valence-electron chi connectivity index (χ3n) is 2.82. The van der Waals surface area contributed by atoms with Crippen LogP contribution in [0.1, 0.15) is 29.0 Å². The van der Waals surface area contributed by atoms with Gasteiger partial charge in [-0.1, -0.05) is 30.7 Å². The van der Waals surface area contributed by atoms with Gasteiger partial charge in [0.05, 0.1) is 14.9 Å². The average Bonchev–Trinajstić information content (AvgIpc) is 2.67. The number of benzene rings is 1. The van der Waals surface area contributed by atoms with Gasteiger partial charge in [-0.25, -0.2) is 4.39 Å². The molecule has 0 radical (unpaired) electrons. The molecule has 0 aliphatic heterocycles. The molecule has 102 valence electrons. The first-order chi connectivity index (χ1) is 9.02. The molecule has 5 heteroatoms. The smallest absolute Gasteiger partial charge is 0.128 e. The van der Waals surface area contributed by atoms with Gasteiger partial charge in [0, 0.05) is 10.4 Å². The number of hydrogen-bond acceptors (Lipinski definition) is 2. The fourth-order valence-electron chi connectivity index (χ4n) is 1.94. The molecule has 1 N–H and O–H groups in total. The number of halogens is 3. The average molecular weight is 363 g/mol. The summed E-state index contributed by atoms with van der Waals surface area (Å²) in [6.07, 6.45) is 0. The zero-order valence-corrected chi connectivity index (χ0v) is 13.8. The lowest BCUT2D eigenvalue weighted by molar-refractivity contribution is 0.562. The SMILES string of the molecule is CCNC(c1cc(Cl)c(Br)s1)c1ccc(C)cc1F. The number of thiophene rings is 1. The van der Waals surface area contributed by atoms with Gasteiger partial charge in [0.15, 0.2) is 0 Å². The van der Waals surface area contributed by atoms with E-state index >= 15 is 0 Å². The third kappa shape index (κ3) is 3.37. The summed E-state index contributed by atoms with van der Waals surface area (Å²) in [6.45, 7) is 4.64. The van der Waals surface area contributed by atoms with Gasteiger partial charge < -0.3 is 5.32 Å². The molecule has 0 spiro atoms. The Labute approximate surface area is 129 Å². The predicted octanol–water partition coefficient (Wildman–Crippen LogP) is 5.31. The van der Waals surface area contributed by atoms with Crippen LogP contribution in [0.15, 0.2) is 28.1 Å². The fourth-order valence-corrected chi connectivity index (χ4v) is 3.78. The van der Waals surface area contributed by atoms with E-state index in [9.17, 15) is 4.39 Å². The Bertz CT molecular complexity index is 565. The van der Waals surface area contributed by atoms with E-state index in [1.807, 2.05) is 32.0 Å². The Morgan fingerprint density at radius 2 is 2.16 bits per heavy atom. The Morgan fingerprint density at radius 1 is 1.42 bits per heavy atom. The summed E-state index contributed by atoms with van der Waals surface area (Å²) in [7, 11) is 0. The van der Waals surface area contributed by atoms with Gasteiger partial charge in [0.25, 0.3) is 0 Å².